The summed E-state index contributed by atoms with van der Waals surface area (Å²) in [5, 5.41) is 11.7. The zero-order valence-electron chi connectivity index (χ0n) is 11.2. The molecule has 2 N–H and O–H groups in total. The number of alkyl halides is 3. The van der Waals surface area contributed by atoms with E-state index in [1.807, 2.05) is 0 Å². The number of hydrogen-bond donors (Lipinski definition) is 2. The molecule has 2 heterocycles. The minimum absolute atomic E-state index is 0.00248. The topological polar surface area (TPSA) is 61.8 Å². The molecule has 0 radical (unpaired) electrons. The minimum atomic E-state index is -4.58. The highest BCUT2D eigenvalue weighted by atomic mass is 19.4. The summed E-state index contributed by atoms with van der Waals surface area (Å²) in [7, 11) is 0. The second-order valence-electron chi connectivity index (χ2n) is 5.47. The number of rotatable bonds is 2. The fraction of sp³-hybridized carbons (Fsp3) is 0.917. The molecule has 0 spiro atoms. The predicted octanol–water partition coefficient (Wildman–Crippen LogP) is 0.137. The molecule has 3 atom stereocenters. The van der Waals surface area contributed by atoms with Gasteiger partial charge in [-0.15, -0.1) is 0 Å². The molecule has 0 saturated carbocycles. The molecule has 116 valence electrons. The van der Waals surface area contributed by atoms with E-state index in [0.29, 0.717) is 0 Å². The van der Waals surface area contributed by atoms with Crippen LogP contribution in [0.1, 0.15) is 13.3 Å². The number of halogens is 3. The number of ether oxygens (including phenoxy) is 1. The standard InChI is InChI=1S/C12H19F3N2O3/c1-8-4-17(5-9(6-18)20-8)10(19)11(12(13,14)15)2-3-16-7-11/h8-9,16,18H,2-7H2,1H3. The first-order valence-electron chi connectivity index (χ1n) is 6.63. The Morgan fingerprint density at radius 3 is 2.70 bits per heavy atom. The highest BCUT2D eigenvalue weighted by molar-refractivity contribution is 5.84. The van der Waals surface area contributed by atoms with Crippen LogP contribution >= 0.6 is 0 Å². The van der Waals surface area contributed by atoms with Gasteiger partial charge in [-0.25, -0.2) is 0 Å². The van der Waals surface area contributed by atoms with E-state index in [1.54, 1.807) is 6.92 Å². The van der Waals surface area contributed by atoms with Crippen molar-refractivity contribution in [3.8, 4) is 0 Å². The Bertz CT molecular complexity index is 369. The van der Waals surface area contributed by atoms with Crippen molar-refractivity contribution in [1.82, 2.24) is 10.2 Å². The van der Waals surface area contributed by atoms with E-state index in [1.165, 1.54) is 4.90 Å². The molecule has 0 aromatic rings. The van der Waals surface area contributed by atoms with Gasteiger partial charge < -0.3 is 20.1 Å². The lowest BCUT2D eigenvalue weighted by atomic mass is 9.84. The molecule has 5 nitrogen and oxygen atoms in total. The van der Waals surface area contributed by atoms with Crippen molar-refractivity contribution in [2.24, 2.45) is 5.41 Å². The summed E-state index contributed by atoms with van der Waals surface area (Å²) in [6.45, 7) is 1.27. The van der Waals surface area contributed by atoms with Gasteiger partial charge in [0.15, 0.2) is 5.41 Å². The third-order valence-corrected chi connectivity index (χ3v) is 3.92. The van der Waals surface area contributed by atoms with Gasteiger partial charge in [0, 0.05) is 19.6 Å². The molecule has 8 heteroatoms. The number of morpholine rings is 1. The fourth-order valence-electron chi connectivity index (χ4n) is 2.85. The molecule has 20 heavy (non-hydrogen) atoms. The van der Waals surface area contributed by atoms with Gasteiger partial charge in [0.1, 0.15) is 0 Å². The molecule has 0 aliphatic carbocycles. The second-order valence-corrected chi connectivity index (χ2v) is 5.47. The number of aliphatic hydroxyl groups is 1. The molecule has 3 unspecified atom stereocenters. The number of nitrogens with zero attached hydrogens (tertiary/aromatic N) is 1. The average Bonchev–Trinajstić information content (AvgIpc) is 2.87. The lowest BCUT2D eigenvalue weighted by molar-refractivity contribution is -0.225. The van der Waals surface area contributed by atoms with Gasteiger partial charge in [-0.2, -0.15) is 13.2 Å². The van der Waals surface area contributed by atoms with Gasteiger partial charge >= 0.3 is 6.18 Å². The number of aliphatic hydroxyl groups excluding tert-OH is 1. The van der Waals surface area contributed by atoms with E-state index < -0.39 is 23.6 Å². The smallest absolute Gasteiger partial charge is 0.394 e. The van der Waals surface area contributed by atoms with Gasteiger partial charge in [0.25, 0.3) is 0 Å². The molecule has 2 aliphatic heterocycles. The summed E-state index contributed by atoms with van der Waals surface area (Å²) in [5.74, 6) is -0.913. The van der Waals surface area contributed by atoms with E-state index in [9.17, 15) is 18.0 Å². The molecule has 2 fully saturated rings. The van der Waals surface area contributed by atoms with Crippen LogP contribution in [0, 0.1) is 5.41 Å². The monoisotopic (exact) mass is 296 g/mol. The Balaban J connectivity index is 2.20. The van der Waals surface area contributed by atoms with Crippen LogP contribution in [-0.4, -0.2) is 67.1 Å². The van der Waals surface area contributed by atoms with Crippen molar-refractivity contribution in [2.45, 2.75) is 31.7 Å². The highest BCUT2D eigenvalue weighted by Crippen LogP contribution is 2.44. The normalized spacial score (nSPS) is 35.4. The van der Waals surface area contributed by atoms with Gasteiger partial charge in [-0.1, -0.05) is 0 Å². The lowest BCUT2D eigenvalue weighted by Crippen LogP contribution is -2.59. The molecule has 2 saturated heterocycles. The SMILES string of the molecule is CC1CN(C(=O)C2(C(F)(F)F)CCNC2)CC(CO)O1. The largest absolute Gasteiger partial charge is 0.404 e. The van der Waals surface area contributed by atoms with Gasteiger partial charge in [-0.3, -0.25) is 4.79 Å². The average molecular weight is 296 g/mol. The van der Waals surface area contributed by atoms with Crippen LogP contribution in [0.15, 0.2) is 0 Å². The Morgan fingerprint density at radius 1 is 1.50 bits per heavy atom. The van der Waals surface area contributed by atoms with Crippen LogP contribution < -0.4 is 5.32 Å². The van der Waals surface area contributed by atoms with Crippen LogP contribution in [-0.2, 0) is 9.53 Å². The first-order chi connectivity index (χ1) is 9.30. The van der Waals surface area contributed by atoms with Gasteiger partial charge in [-0.05, 0) is 19.9 Å². The fourth-order valence-corrected chi connectivity index (χ4v) is 2.85. The summed E-state index contributed by atoms with van der Waals surface area (Å²) in [5.41, 5.74) is -2.34. The Morgan fingerprint density at radius 2 is 2.20 bits per heavy atom. The van der Waals surface area contributed by atoms with Crippen LogP contribution in [0.3, 0.4) is 0 Å². The second kappa shape index (κ2) is 5.50. The lowest BCUT2D eigenvalue weighted by Gasteiger charge is -2.41. The van der Waals surface area contributed by atoms with E-state index in [4.69, 9.17) is 9.84 Å². The first kappa shape index (κ1) is 15.5. The Hall–Kier alpha value is -0.860. The van der Waals surface area contributed by atoms with Gasteiger partial charge in [0.2, 0.25) is 5.91 Å². The third kappa shape index (κ3) is 2.64. The van der Waals surface area contributed by atoms with Crippen molar-refractivity contribution in [1.29, 1.82) is 0 Å². The van der Waals surface area contributed by atoms with Crippen molar-refractivity contribution in [3.05, 3.63) is 0 Å². The predicted molar refractivity (Wildman–Crippen MR) is 64.0 cm³/mol. The maximum Gasteiger partial charge on any atom is 0.404 e. The molecule has 2 aliphatic rings. The molecule has 0 aromatic heterocycles. The van der Waals surface area contributed by atoms with Crippen LogP contribution in [0.25, 0.3) is 0 Å². The zero-order chi connectivity index (χ0) is 15.0. The summed E-state index contributed by atoms with van der Waals surface area (Å²) >= 11 is 0. The van der Waals surface area contributed by atoms with E-state index in [2.05, 4.69) is 5.32 Å². The summed E-state index contributed by atoms with van der Waals surface area (Å²) in [6, 6.07) is 0. The maximum absolute atomic E-state index is 13.3. The highest BCUT2D eigenvalue weighted by Gasteiger charge is 2.62. The summed E-state index contributed by atoms with van der Waals surface area (Å²) in [4.78, 5) is 13.6. The van der Waals surface area contributed by atoms with Crippen molar-refractivity contribution in [3.63, 3.8) is 0 Å². The number of nitrogens with one attached hydrogen (secondary N) is 1. The molecule has 0 aromatic carbocycles. The summed E-state index contributed by atoms with van der Waals surface area (Å²) < 4.78 is 45.3. The van der Waals surface area contributed by atoms with E-state index >= 15 is 0 Å². The summed E-state index contributed by atoms with van der Waals surface area (Å²) in [6.07, 6.45) is -5.83. The minimum Gasteiger partial charge on any atom is -0.394 e. The molecular formula is C12H19F3N2O3. The number of carbonyl (C=O) groups excluding carboxylic acids is 1. The molecule has 1 amide bonds. The third-order valence-electron chi connectivity index (χ3n) is 3.92. The quantitative estimate of drug-likeness (QED) is 0.761. The first-order valence-corrected chi connectivity index (χ1v) is 6.63. The van der Waals surface area contributed by atoms with Crippen LogP contribution in [0.2, 0.25) is 0 Å². The number of hydrogen-bond acceptors (Lipinski definition) is 4. The van der Waals surface area contributed by atoms with E-state index in [-0.39, 0.29) is 45.3 Å². The maximum atomic E-state index is 13.3. The van der Waals surface area contributed by atoms with E-state index in [0.717, 1.165) is 0 Å². The Kier molecular flexibility index (Phi) is 4.27. The molecule has 2 rings (SSSR count). The van der Waals surface area contributed by atoms with Gasteiger partial charge in [0.05, 0.1) is 18.8 Å². The van der Waals surface area contributed by atoms with Crippen LogP contribution in [0.4, 0.5) is 13.2 Å². The Labute approximate surface area is 115 Å². The number of amides is 1. The van der Waals surface area contributed by atoms with Crippen molar-refractivity contribution < 1.29 is 27.8 Å². The molecular weight excluding hydrogens is 277 g/mol. The molecule has 0 bridgehead atoms. The number of carbonyl (C=O) groups is 1. The zero-order valence-corrected chi connectivity index (χ0v) is 11.2. The van der Waals surface area contributed by atoms with Crippen LogP contribution in [0.5, 0.6) is 0 Å². The van der Waals surface area contributed by atoms with Crippen molar-refractivity contribution in [2.75, 3.05) is 32.8 Å². The van der Waals surface area contributed by atoms with Crippen molar-refractivity contribution >= 4 is 5.91 Å².